The second kappa shape index (κ2) is 4.85. The number of carbonyl (C=O) groups excluding carboxylic acids is 1. The molecule has 0 aliphatic carbocycles. The quantitative estimate of drug-likeness (QED) is 0.588. The summed E-state index contributed by atoms with van der Waals surface area (Å²) in [6, 6.07) is 4.13. The van der Waals surface area contributed by atoms with Gasteiger partial charge in [-0.2, -0.15) is 0 Å². The Bertz CT molecular complexity index is 344. The molecule has 14 heavy (non-hydrogen) atoms. The average Bonchev–Trinajstić information content (AvgIpc) is 2.16. The second-order valence-corrected chi connectivity index (χ2v) is 3.66. The third-order valence-electron chi connectivity index (χ3n) is 1.61. The smallest absolute Gasteiger partial charge is 0.230 e. The molecule has 0 unspecified atom stereocenters. The van der Waals surface area contributed by atoms with Crippen molar-refractivity contribution in [2.75, 3.05) is 18.5 Å². The maximum atomic E-state index is 12.6. The van der Waals surface area contributed by atoms with E-state index < -0.39 is 0 Å². The summed E-state index contributed by atoms with van der Waals surface area (Å²) in [6.45, 7) is 0. The zero-order valence-corrected chi connectivity index (χ0v) is 8.53. The number of halogens is 1. The minimum Gasteiger partial charge on any atom is -0.398 e. The first kappa shape index (κ1) is 10.8. The third-order valence-corrected chi connectivity index (χ3v) is 2.70. The Morgan fingerprint density at radius 1 is 1.64 bits per heavy atom. The molecule has 0 aromatic heterocycles. The van der Waals surface area contributed by atoms with Crippen LogP contribution in [0.3, 0.4) is 0 Å². The molecule has 0 radical (unpaired) electrons. The van der Waals surface area contributed by atoms with Crippen LogP contribution in [-0.2, 0) is 4.79 Å². The first-order valence-electron chi connectivity index (χ1n) is 4.02. The number of hydrogen-bond acceptors (Lipinski definition) is 3. The van der Waals surface area contributed by atoms with E-state index in [1.54, 1.807) is 13.1 Å². The molecule has 1 rings (SSSR count). The van der Waals surface area contributed by atoms with Crippen molar-refractivity contribution >= 4 is 23.4 Å². The number of anilines is 1. The Hall–Kier alpha value is -1.23. The highest BCUT2D eigenvalue weighted by atomic mass is 32.2. The molecule has 0 heterocycles. The number of nitrogens with one attached hydrogen (secondary N) is 1. The van der Waals surface area contributed by atoms with E-state index >= 15 is 0 Å². The molecule has 0 saturated heterocycles. The molecule has 1 aromatic rings. The first-order valence-corrected chi connectivity index (χ1v) is 5.00. The predicted molar refractivity (Wildman–Crippen MR) is 55.6 cm³/mol. The molecule has 3 N–H and O–H groups in total. The first-order chi connectivity index (χ1) is 6.63. The number of nitrogens with two attached hydrogens (primary N) is 1. The molecule has 76 valence electrons. The molecule has 3 nitrogen and oxygen atoms in total. The Kier molecular flexibility index (Phi) is 3.76. The van der Waals surface area contributed by atoms with E-state index in [0.717, 1.165) is 4.90 Å². The molecule has 1 aromatic carbocycles. The van der Waals surface area contributed by atoms with Crippen LogP contribution in [0.15, 0.2) is 23.1 Å². The van der Waals surface area contributed by atoms with Crippen molar-refractivity contribution in [2.24, 2.45) is 0 Å². The van der Waals surface area contributed by atoms with Crippen LogP contribution >= 0.6 is 11.8 Å². The lowest BCUT2D eigenvalue weighted by Gasteiger charge is -2.04. The van der Waals surface area contributed by atoms with Crippen LogP contribution in [-0.4, -0.2) is 18.7 Å². The topological polar surface area (TPSA) is 55.1 Å². The fraction of sp³-hybridized carbons (Fsp3) is 0.222. The highest BCUT2D eigenvalue weighted by Crippen LogP contribution is 2.25. The van der Waals surface area contributed by atoms with Gasteiger partial charge in [0, 0.05) is 17.6 Å². The average molecular weight is 214 g/mol. The van der Waals surface area contributed by atoms with Gasteiger partial charge in [-0.15, -0.1) is 11.8 Å². The monoisotopic (exact) mass is 214 g/mol. The molecule has 0 atom stereocenters. The molecule has 1 amide bonds. The van der Waals surface area contributed by atoms with Crippen LogP contribution in [0.4, 0.5) is 10.1 Å². The largest absolute Gasteiger partial charge is 0.398 e. The van der Waals surface area contributed by atoms with Gasteiger partial charge in [0.2, 0.25) is 5.91 Å². The van der Waals surface area contributed by atoms with E-state index in [-0.39, 0.29) is 17.5 Å². The minimum atomic E-state index is -0.369. The van der Waals surface area contributed by atoms with Crippen molar-refractivity contribution in [1.29, 1.82) is 0 Å². The molecule has 0 bridgehead atoms. The SMILES string of the molecule is CNC(=O)CSc1ccc(F)cc1N. The Labute approximate surface area is 85.9 Å². The van der Waals surface area contributed by atoms with Crippen molar-refractivity contribution in [3.63, 3.8) is 0 Å². The molecule has 0 aliphatic rings. The summed E-state index contributed by atoms with van der Waals surface area (Å²) in [5.74, 6) is -0.169. The van der Waals surface area contributed by atoms with Gasteiger partial charge < -0.3 is 11.1 Å². The van der Waals surface area contributed by atoms with Crippen LogP contribution in [0.2, 0.25) is 0 Å². The number of amides is 1. The molecular formula is C9H11FN2OS. The van der Waals surface area contributed by atoms with Crippen molar-refractivity contribution in [3.8, 4) is 0 Å². The van der Waals surface area contributed by atoms with Crippen molar-refractivity contribution in [1.82, 2.24) is 5.32 Å². The van der Waals surface area contributed by atoms with E-state index in [1.165, 1.54) is 23.9 Å². The lowest BCUT2D eigenvalue weighted by Crippen LogP contribution is -2.19. The normalized spacial score (nSPS) is 9.86. The lowest BCUT2D eigenvalue weighted by molar-refractivity contribution is -0.118. The summed E-state index contributed by atoms with van der Waals surface area (Å²) < 4.78 is 12.6. The van der Waals surface area contributed by atoms with Crippen molar-refractivity contribution < 1.29 is 9.18 Å². The summed E-state index contributed by atoms with van der Waals surface area (Å²) >= 11 is 1.28. The van der Waals surface area contributed by atoms with Gasteiger partial charge in [-0.3, -0.25) is 4.79 Å². The number of nitrogen functional groups attached to an aromatic ring is 1. The van der Waals surface area contributed by atoms with Gasteiger partial charge in [0.15, 0.2) is 0 Å². The maximum absolute atomic E-state index is 12.6. The van der Waals surface area contributed by atoms with Gasteiger partial charge in [0.05, 0.1) is 5.75 Å². The molecular weight excluding hydrogens is 203 g/mol. The highest BCUT2D eigenvalue weighted by Gasteiger charge is 2.04. The van der Waals surface area contributed by atoms with E-state index in [4.69, 9.17) is 5.73 Å². The fourth-order valence-electron chi connectivity index (χ4n) is 0.866. The van der Waals surface area contributed by atoms with E-state index in [0.29, 0.717) is 5.69 Å². The van der Waals surface area contributed by atoms with E-state index in [1.807, 2.05) is 0 Å². The molecule has 0 saturated carbocycles. The summed E-state index contributed by atoms with van der Waals surface area (Å²) in [5, 5.41) is 2.49. The van der Waals surface area contributed by atoms with Gasteiger partial charge >= 0.3 is 0 Å². The predicted octanol–water partition coefficient (Wildman–Crippen LogP) is 1.25. The number of rotatable bonds is 3. The van der Waals surface area contributed by atoms with Crippen LogP contribution in [0.5, 0.6) is 0 Å². The minimum absolute atomic E-state index is 0.0845. The Morgan fingerprint density at radius 2 is 2.36 bits per heavy atom. The summed E-state index contributed by atoms with van der Waals surface area (Å²) in [4.78, 5) is 11.6. The summed E-state index contributed by atoms with van der Waals surface area (Å²) in [5.41, 5.74) is 5.92. The highest BCUT2D eigenvalue weighted by molar-refractivity contribution is 8.00. The van der Waals surface area contributed by atoms with Crippen molar-refractivity contribution in [2.45, 2.75) is 4.90 Å². The lowest BCUT2D eigenvalue weighted by atomic mass is 10.3. The summed E-state index contributed by atoms with van der Waals surface area (Å²) in [6.07, 6.45) is 0. The molecule has 0 aliphatic heterocycles. The van der Waals surface area contributed by atoms with Gasteiger partial charge in [-0.05, 0) is 18.2 Å². The summed E-state index contributed by atoms with van der Waals surface area (Å²) in [7, 11) is 1.57. The Morgan fingerprint density at radius 3 is 2.93 bits per heavy atom. The second-order valence-electron chi connectivity index (χ2n) is 2.64. The van der Waals surface area contributed by atoms with E-state index in [9.17, 15) is 9.18 Å². The Balaban J connectivity index is 2.63. The standard InChI is InChI=1S/C9H11FN2OS/c1-12-9(13)5-14-8-3-2-6(10)4-7(8)11/h2-4H,5,11H2,1H3,(H,12,13). The fourth-order valence-corrected chi connectivity index (χ4v) is 1.69. The van der Waals surface area contributed by atoms with Gasteiger partial charge in [-0.25, -0.2) is 4.39 Å². The molecule has 0 spiro atoms. The maximum Gasteiger partial charge on any atom is 0.230 e. The van der Waals surface area contributed by atoms with Crippen molar-refractivity contribution in [3.05, 3.63) is 24.0 Å². The van der Waals surface area contributed by atoms with Gasteiger partial charge in [0.25, 0.3) is 0 Å². The third kappa shape index (κ3) is 2.92. The van der Waals surface area contributed by atoms with Gasteiger partial charge in [0.1, 0.15) is 5.82 Å². The number of hydrogen-bond donors (Lipinski definition) is 2. The number of thioether (sulfide) groups is 1. The van der Waals surface area contributed by atoms with Crippen LogP contribution < -0.4 is 11.1 Å². The molecule has 0 fully saturated rings. The number of benzene rings is 1. The zero-order chi connectivity index (χ0) is 10.6. The van der Waals surface area contributed by atoms with Crippen LogP contribution in [0, 0.1) is 5.82 Å². The van der Waals surface area contributed by atoms with E-state index in [2.05, 4.69) is 5.32 Å². The molecule has 5 heteroatoms. The van der Waals surface area contributed by atoms with Crippen LogP contribution in [0.1, 0.15) is 0 Å². The zero-order valence-electron chi connectivity index (χ0n) is 7.71. The number of carbonyl (C=O) groups is 1. The van der Waals surface area contributed by atoms with Gasteiger partial charge in [-0.1, -0.05) is 0 Å². The van der Waals surface area contributed by atoms with Crippen LogP contribution in [0.25, 0.3) is 0 Å².